The Bertz CT molecular complexity index is 230. The minimum Gasteiger partial charge on any atom is -0.280 e. The third-order valence-corrected chi connectivity index (χ3v) is 1.85. The van der Waals surface area contributed by atoms with E-state index in [0.29, 0.717) is 4.86 Å². The fourth-order valence-electron chi connectivity index (χ4n) is 0.712. The second-order valence-corrected chi connectivity index (χ2v) is 2.77. The van der Waals surface area contributed by atoms with Crippen LogP contribution in [0.25, 0.3) is 0 Å². The molecule has 1 rings (SSSR count). The molecule has 0 fully saturated rings. The fourth-order valence-corrected chi connectivity index (χ4v) is 1.23. The van der Waals surface area contributed by atoms with Crippen molar-refractivity contribution in [1.29, 1.82) is 0 Å². The van der Waals surface area contributed by atoms with Crippen molar-refractivity contribution in [2.75, 3.05) is 0 Å². The summed E-state index contributed by atoms with van der Waals surface area (Å²) in [5.41, 5.74) is 0. The molecule has 0 radical (unpaired) electrons. The van der Waals surface area contributed by atoms with Crippen molar-refractivity contribution in [3.63, 3.8) is 0 Å². The molecule has 3 heteroatoms. The van der Waals surface area contributed by atoms with Gasteiger partial charge in [0, 0.05) is 4.86 Å². The quantitative estimate of drug-likeness (QED) is 0.444. The van der Waals surface area contributed by atoms with Gasteiger partial charge >= 0.3 is 0 Å². The molecule has 1 unspecified atom stereocenters. The lowest BCUT2D eigenvalue weighted by Crippen LogP contribution is -2.15. The lowest BCUT2D eigenvalue weighted by Gasteiger charge is -2.07. The maximum Gasteiger partial charge on any atom is 0.233 e. The first-order chi connectivity index (χ1) is 4.72. The van der Waals surface area contributed by atoms with Crippen molar-refractivity contribution in [2.45, 2.75) is 0 Å². The second kappa shape index (κ2) is 3.08. The summed E-state index contributed by atoms with van der Waals surface area (Å²) >= 11 is 10.1. The first kappa shape index (κ1) is 7.63. The Morgan fingerprint density at radius 1 is 1.60 bits per heavy atom. The zero-order valence-electron chi connectivity index (χ0n) is 5.08. The van der Waals surface area contributed by atoms with Crippen LogP contribution in [0.3, 0.4) is 0 Å². The first-order valence-electron chi connectivity index (χ1n) is 2.80. The van der Waals surface area contributed by atoms with Crippen molar-refractivity contribution in [3.8, 4) is 0 Å². The minimum absolute atomic E-state index is 0.387. The number of allylic oxidation sites excluding steroid dienone is 4. The van der Waals surface area contributed by atoms with Gasteiger partial charge in [-0.1, -0.05) is 30.4 Å². The van der Waals surface area contributed by atoms with E-state index in [1.165, 1.54) is 0 Å². The number of thiocarbonyl (C=S) groups is 1. The summed E-state index contributed by atoms with van der Waals surface area (Å²) in [5, 5.41) is -0.411. The van der Waals surface area contributed by atoms with E-state index >= 15 is 0 Å². The first-order valence-corrected chi connectivity index (χ1v) is 3.58. The van der Waals surface area contributed by atoms with Gasteiger partial charge in [-0.2, -0.15) is 0 Å². The van der Waals surface area contributed by atoms with Gasteiger partial charge in [0.1, 0.15) is 0 Å². The summed E-state index contributed by atoms with van der Waals surface area (Å²) in [6, 6.07) is 0. The van der Waals surface area contributed by atoms with E-state index in [2.05, 4.69) is 0 Å². The monoisotopic (exact) mass is 172 g/mol. The number of rotatable bonds is 1. The van der Waals surface area contributed by atoms with Crippen LogP contribution in [0.15, 0.2) is 24.3 Å². The van der Waals surface area contributed by atoms with Crippen LogP contribution in [-0.2, 0) is 4.79 Å². The summed E-state index contributed by atoms with van der Waals surface area (Å²) in [5.74, 6) is -0.387. The number of halogens is 1. The number of hydrogen-bond donors (Lipinski definition) is 0. The highest BCUT2D eigenvalue weighted by Crippen LogP contribution is 2.12. The van der Waals surface area contributed by atoms with Crippen LogP contribution in [0.2, 0.25) is 0 Å². The molecule has 0 aliphatic heterocycles. The highest BCUT2D eigenvalue weighted by molar-refractivity contribution is 7.80. The molecule has 0 saturated heterocycles. The van der Waals surface area contributed by atoms with Gasteiger partial charge in [-0.3, -0.25) is 4.79 Å². The van der Waals surface area contributed by atoms with Gasteiger partial charge in [-0.15, -0.1) is 0 Å². The summed E-state index contributed by atoms with van der Waals surface area (Å²) in [7, 11) is 0. The third-order valence-electron chi connectivity index (χ3n) is 1.23. The van der Waals surface area contributed by atoms with Crippen LogP contribution in [0.4, 0.5) is 0 Å². The molecule has 0 spiro atoms. The van der Waals surface area contributed by atoms with E-state index in [-0.39, 0.29) is 5.92 Å². The molecule has 1 nitrogen and oxygen atoms in total. The predicted molar refractivity (Wildman–Crippen MR) is 45.2 cm³/mol. The zero-order valence-corrected chi connectivity index (χ0v) is 6.65. The largest absolute Gasteiger partial charge is 0.280 e. The Balaban J connectivity index is 2.80. The van der Waals surface area contributed by atoms with Gasteiger partial charge in [0.2, 0.25) is 5.24 Å². The highest BCUT2D eigenvalue weighted by atomic mass is 35.5. The molecule has 0 aromatic heterocycles. The molecule has 1 atom stereocenters. The predicted octanol–water partition coefficient (Wildman–Crippen LogP) is 1.86. The van der Waals surface area contributed by atoms with E-state index < -0.39 is 5.24 Å². The van der Waals surface area contributed by atoms with Gasteiger partial charge in [-0.25, -0.2) is 0 Å². The highest BCUT2D eigenvalue weighted by Gasteiger charge is 2.17. The Morgan fingerprint density at radius 3 is 2.70 bits per heavy atom. The molecule has 0 aromatic rings. The molecule has 0 heterocycles. The maximum absolute atomic E-state index is 10.6. The van der Waals surface area contributed by atoms with Gasteiger partial charge in [0.25, 0.3) is 0 Å². The Hall–Kier alpha value is -0.470. The molecule has 10 heavy (non-hydrogen) atoms. The van der Waals surface area contributed by atoms with Gasteiger partial charge in [0.15, 0.2) is 0 Å². The Morgan fingerprint density at radius 2 is 2.30 bits per heavy atom. The molecule has 1 aliphatic carbocycles. The molecule has 52 valence electrons. The lowest BCUT2D eigenvalue weighted by atomic mass is 10.0. The molecule has 0 aromatic carbocycles. The van der Waals surface area contributed by atoms with Crippen molar-refractivity contribution in [1.82, 2.24) is 0 Å². The average Bonchev–Trinajstić information content (AvgIpc) is 1.88. The normalized spacial score (nSPS) is 23.3. The average molecular weight is 173 g/mol. The molecule has 0 saturated carbocycles. The van der Waals surface area contributed by atoms with Crippen molar-refractivity contribution in [2.24, 2.45) is 5.92 Å². The van der Waals surface area contributed by atoms with Crippen molar-refractivity contribution in [3.05, 3.63) is 24.3 Å². The molecular weight excluding hydrogens is 168 g/mol. The van der Waals surface area contributed by atoms with E-state index in [9.17, 15) is 4.79 Å². The smallest absolute Gasteiger partial charge is 0.233 e. The summed E-state index contributed by atoms with van der Waals surface area (Å²) in [4.78, 5) is 11.2. The van der Waals surface area contributed by atoms with Crippen molar-refractivity contribution >= 4 is 33.9 Å². The minimum atomic E-state index is -0.411. The molecule has 0 amide bonds. The number of hydrogen-bond acceptors (Lipinski definition) is 2. The van der Waals surface area contributed by atoms with E-state index in [0.717, 1.165) is 0 Å². The number of carbonyl (C=O) groups excluding carboxylic acids is 1. The standard InChI is InChI=1S/C7H5ClOS/c8-7(9)5-3-1-2-4-6(5)10/h1-5H. The maximum atomic E-state index is 10.6. The van der Waals surface area contributed by atoms with E-state index in [1.54, 1.807) is 24.3 Å². The van der Waals surface area contributed by atoms with E-state index in [1.807, 2.05) is 0 Å². The molecule has 0 N–H and O–H groups in total. The Kier molecular flexibility index (Phi) is 2.35. The SMILES string of the molecule is O=C(Cl)C1C=CC=CC1=S. The topological polar surface area (TPSA) is 17.1 Å². The van der Waals surface area contributed by atoms with Crippen LogP contribution in [0, 0.1) is 5.92 Å². The molecule has 1 aliphatic rings. The van der Waals surface area contributed by atoms with Crippen molar-refractivity contribution < 1.29 is 4.79 Å². The van der Waals surface area contributed by atoms with Crippen LogP contribution in [0.1, 0.15) is 0 Å². The Labute approximate surface area is 69.4 Å². The van der Waals surface area contributed by atoms with Gasteiger partial charge in [-0.05, 0) is 17.7 Å². The summed E-state index contributed by atoms with van der Waals surface area (Å²) in [6.07, 6.45) is 6.96. The van der Waals surface area contributed by atoms with E-state index in [4.69, 9.17) is 23.8 Å². The van der Waals surface area contributed by atoms with Crippen LogP contribution < -0.4 is 0 Å². The van der Waals surface area contributed by atoms with Gasteiger partial charge < -0.3 is 0 Å². The molecular formula is C7H5ClOS. The lowest BCUT2D eigenvalue weighted by molar-refractivity contribution is -0.112. The van der Waals surface area contributed by atoms with Crippen LogP contribution >= 0.6 is 23.8 Å². The molecule has 0 bridgehead atoms. The fraction of sp³-hybridized carbons (Fsp3) is 0.143. The summed E-state index contributed by atoms with van der Waals surface area (Å²) in [6.45, 7) is 0. The number of carbonyl (C=O) groups is 1. The third kappa shape index (κ3) is 1.52. The van der Waals surface area contributed by atoms with Gasteiger partial charge in [0.05, 0.1) is 5.92 Å². The second-order valence-electron chi connectivity index (χ2n) is 1.93. The zero-order chi connectivity index (χ0) is 7.56. The summed E-state index contributed by atoms with van der Waals surface area (Å²) < 4.78 is 0. The van der Waals surface area contributed by atoms with Crippen LogP contribution in [0.5, 0.6) is 0 Å². The van der Waals surface area contributed by atoms with Crippen LogP contribution in [-0.4, -0.2) is 10.1 Å².